The summed E-state index contributed by atoms with van der Waals surface area (Å²) in [5.74, 6) is -0.0697. The molecule has 1 saturated carbocycles. The van der Waals surface area contributed by atoms with Crippen LogP contribution >= 0.6 is 11.3 Å². The fourth-order valence-corrected chi connectivity index (χ4v) is 3.17. The molecule has 3 rings (SSSR count). The minimum atomic E-state index is -0.0697. The van der Waals surface area contributed by atoms with E-state index in [4.69, 9.17) is 0 Å². The summed E-state index contributed by atoms with van der Waals surface area (Å²) in [5.41, 5.74) is 0.505. The lowest BCUT2D eigenvalue weighted by Gasteiger charge is -2.21. The van der Waals surface area contributed by atoms with Crippen LogP contribution in [0.5, 0.6) is 0 Å². The number of aliphatic hydroxyl groups is 1. The number of rotatable bonds is 4. The van der Waals surface area contributed by atoms with E-state index in [1.54, 1.807) is 5.38 Å². The number of hydrogen-bond donors (Lipinski definition) is 2. The number of thiazole rings is 1. The normalized spacial score (nSPS) is 23.4. The third-order valence-electron chi connectivity index (χ3n) is 3.47. The van der Waals surface area contributed by atoms with Gasteiger partial charge in [0.25, 0.3) is 5.91 Å². The number of carbonyl (C=O) groups excluding carboxylic acids is 1. The Kier molecular flexibility index (Phi) is 3.22. The van der Waals surface area contributed by atoms with Gasteiger partial charge >= 0.3 is 0 Å². The van der Waals surface area contributed by atoms with Gasteiger partial charge in [-0.3, -0.25) is 4.79 Å². The standard InChI is InChI=1S/C12H17N3O2S/c16-6-9-2-1-5-15(9)12-14-10(7-18-12)11(17)13-8-3-4-8/h7-9,16H,1-6H2,(H,13,17). The van der Waals surface area contributed by atoms with Crippen LogP contribution in [0.2, 0.25) is 0 Å². The van der Waals surface area contributed by atoms with Crippen LogP contribution < -0.4 is 10.2 Å². The zero-order valence-electron chi connectivity index (χ0n) is 10.1. The molecular weight excluding hydrogens is 250 g/mol. The Morgan fingerprint density at radius 2 is 2.39 bits per heavy atom. The molecule has 5 nitrogen and oxygen atoms in total. The number of anilines is 1. The average molecular weight is 267 g/mol. The first kappa shape index (κ1) is 11.9. The molecule has 2 aliphatic rings. The van der Waals surface area contributed by atoms with Crippen molar-refractivity contribution in [3.63, 3.8) is 0 Å². The molecule has 18 heavy (non-hydrogen) atoms. The first-order valence-corrected chi connectivity index (χ1v) is 7.30. The summed E-state index contributed by atoms with van der Waals surface area (Å²) in [5, 5.41) is 14.9. The number of carbonyl (C=O) groups is 1. The Balaban J connectivity index is 1.70. The number of nitrogens with zero attached hydrogens (tertiary/aromatic N) is 2. The molecule has 2 fully saturated rings. The summed E-state index contributed by atoms with van der Waals surface area (Å²) in [6.07, 6.45) is 4.25. The van der Waals surface area contributed by atoms with E-state index in [0.29, 0.717) is 11.7 Å². The second-order valence-corrected chi connectivity index (χ2v) is 5.77. The number of aliphatic hydroxyl groups excluding tert-OH is 1. The average Bonchev–Trinajstić information content (AvgIpc) is 2.91. The SMILES string of the molecule is O=C(NC1CC1)c1csc(N2CCCC2CO)n1. The van der Waals surface area contributed by atoms with E-state index in [2.05, 4.69) is 15.2 Å². The van der Waals surface area contributed by atoms with Gasteiger partial charge in [0.05, 0.1) is 12.6 Å². The number of amides is 1. The Hall–Kier alpha value is -1.14. The summed E-state index contributed by atoms with van der Waals surface area (Å²) in [6, 6.07) is 0.523. The zero-order valence-corrected chi connectivity index (χ0v) is 10.9. The zero-order chi connectivity index (χ0) is 12.5. The monoisotopic (exact) mass is 267 g/mol. The highest BCUT2D eigenvalue weighted by Gasteiger charge is 2.28. The lowest BCUT2D eigenvalue weighted by atomic mass is 10.2. The number of nitrogens with one attached hydrogen (secondary N) is 1. The lowest BCUT2D eigenvalue weighted by molar-refractivity contribution is 0.0947. The Morgan fingerprint density at radius 3 is 3.11 bits per heavy atom. The first-order chi connectivity index (χ1) is 8.78. The molecule has 1 aliphatic heterocycles. The van der Waals surface area contributed by atoms with Gasteiger partial charge in [-0.05, 0) is 25.7 Å². The molecule has 0 bridgehead atoms. The van der Waals surface area contributed by atoms with E-state index in [0.717, 1.165) is 37.4 Å². The van der Waals surface area contributed by atoms with Crippen LogP contribution in [0.1, 0.15) is 36.2 Å². The van der Waals surface area contributed by atoms with Gasteiger partial charge in [-0.25, -0.2) is 4.98 Å². The second-order valence-electron chi connectivity index (χ2n) is 4.94. The molecule has 1 aromatic heterocycles. The molecule has 0 spiro atoms. The van der Waals surface area contributed by atoms with E-state index in [9.17, 15) is 9.90 Å². The molecule has 6 heteroatoms. The Morgan fingerprint density at radius 1 is 1.56 bits per heavy atom. The maximum absolute atomic E-state index is 11.8. The van der Waals surface area contributed by atoms with Crippen LogP contribution in [0, 0.1) is 0 Å². The molecule has 2 N–H and O–H groups in total. The smallest absolute Gasteiger partial charge is 0.271 e. The first-order valence-electron chi connectivity index (χ1n) is 6.42. The molecule has 2 heterocycles. The van der Waals surface area contributed by atoms with Crippen molar-refractivity contribution >= 4 is 22.4 Å². The van der Waals surface area contributed by atoms with Gasteiger partial charge in [-0.15, -0.1) is 11.3 Å². The van der Waals surface area contributed by atoms with Gasteiger partial charge in [0.15, 0.2) is 5.13 Å². The molecule has 1 unspecified atom stereocenters. The molecule has 0 aromatic carbocycles. The highest BCUT2D eigenvalue weighted by molar-refractivity contribution is 7.14. The van der Waals surface area contributed by atoms with Crippen molar-refractivity contribution in [2.75, 3.05) is 18.1 Å². The summed E-state index contributed by atoms with van der Waals surface area (Å²) < 4.78 is 0. The van der Waals surface area contributed by atoms with Crippen molar-refractivity contribution in [1.29, 1.82) is 0 Å². The van der Waals surface area contributed by atoms with Crippen molar-refractivity contribution in [2.24, 2.45) is 0 Å². The topological polar surface area (TPSA) is 65.5 Å². The largest absolute Gasteiger partial charge is 0.394 e. The maximum Gasteiger partial charge on any atom is 0.271 e. The predicted molar refractivity (Wildman–Crippen MR) is 70.1 cm³/mol. The van der Waals surface area contributed by atoms with E-state index in [1.807, 2.05) is 0 Å². The maximum atomic E-state index is 11.8. The number of aromatic nitrogens is 1. The highest BCUT2D eigenvalue weighted by Crippen LogP contribution is 2.28. The van der Waals surface area contributed by atoms with Gasteiger partial charge in [0.1, 0.15) is 5.69 Å². The lowest BCUT2D eigenvalue weighted by Crippen LogP contribution is -2.32. The molecule has 98 valence electrons. The third kappa shape index (κ3) is 2.35. The molecule has 1 amide bonds. The second kappa shape index (κ2) is 4.85. The summed E-state index contributed by atoms with van der Waals surface area (Å²) in [4.78, 5) is 18.3. The third-order valence-corrected chi connectivity index (χ3v) is 4.35. The van der Waals surface area contributed by atoms with E-state index in [1.165, 1.54) is 11.3 Å². The van der Waals surface area contributed by atoms with Crippen molar-refractivity contribution in [3.8, 4) is 0 Å². The molecular formula is C12H17N3O2S. The van der Waals surface area contributed by atoms with Crippen LogP contribution in [0.3, 0.4) is 0 Å². The van der Waals surface area contributed by atoms with Crippen molar-refractivity contribution < 1.29 is 9.90 Å². The Labute approximate surface area is 110 Å². The van der Waals surface area contributed by atoms with Crippen molar-refractivity contribution in [1.82, 2.24) is 10.3 Å². The van der Waals surface area contributed by atoms with Gasteiger partial charge in [-0.1, -0.05) is 0 Å². The van der Waals surface area contributed by atoms with Crippen LogP contribution in [-0.4, -0.2) is 41.2 Å². The summed E-state index contributed by atoms with van der Waals surface area (Å²) >= 11 is 1.48. The number of hydrogen-bond acceptors (Lipinski definition) is 5. The summed E-state index contributed by atoms with van der Waals surface area (Å²) in [7, 11) is 0. The quantitative estimate of drug-likeness (QED) is 0.854. The van der Waals surface area contributed by atoms with E-state index in [-0.39, 0.29) is 18.6 Å². The van der Waals surface area contributed by atoms with Crippen molar-refractivity contribution in [3.05, 3.63) is 11.1 Å². The van der Waals surface area contributed by atoms with E-state index >= 15 is 0 Å². The predicted octanol–water partition coefficient (Wildman–Crippen LogP) is 0.996. The minimum Gasteiger partial charge on any atom is -0.394 e. The van der Waals surface area contributed by atoms with Crippen LogP contribution in [0.15, 0.2) is 5.38 Å². The van der Waals surface area contributed by atoms with Crippen LogP contribution in [0.25, 0.3) is 0 Å². The molecule has 1 aromatic rings. The van der Waals surface area contributed by atoms with Gasteiger partial charge in [0.2, 0.25) is 0 Å². The fraction of sp³-hybridized carbons (Fsp3) is 0.667. The van der Waals surface area contributed by atoms with Crippen LogP contribution in [-0.2, 0) is 0 Å². The van der Waals surface area contributed by atoms with Gasteiger partial charge < -0.3 is 15.3 Å². The van der Waals surface area contributed by atoms with Crippen molar-refractivity contribution in [2.45, 2.75) is 37.8 Å². The van der Waals surface area contributed by atoms with Crippen LogP contribution in [0.4, 0.5) is 5.13 Å². The molecule has 1 aliphatic carbocycles. The van der Waals surface area contributed by atoms with Gasteiger partial charge in [-0.2, -0.15) is 0 Å². The van der Waals surface area contributed by atoms with Gasteiger partial charge in [0, 0.05) is 18.0 Å². The summed E-state index contributed by atoms with van der Waals surface area (Å²) in [6.45, 7) is 1.08. The fourth-order valence-electron chi connectivity index (χ4n) is 2.26. The van der Waals surface area contributed by atoms with E-state index < -0.39 is 0 Å². The Bertz CT molecular complexity index is 444. The molecule has 1 atom stereocenters. The minimum absolute atomic E-state index is 0.0697. The molecule has 1 saturated heterocycles. The highest BCUT2D eigenvalue weighted by atomic mass is 32.1. The molecule has 0 radical (unpaired) electrons.